The van der Waals surface area contributed by atoms with E-state index in [1.165, 1.54) is 14.1 Å². The highest BCUT2D eigenvalue weighted by Gasteiger charge is 2.16. The Kier molecular flexibility index (Phi) is 4.35. The summed E-state index contributed by atoms with van der Waals surface area (Å²) in [5, 5.41) is 0. The van der Waals surface area contributed by atoms with E-state index in [0.717, 1.165) is 9.87 Å². The van der Waals surface area contributed by atoms with Gasteiger partial charge in [0.05, 0.1) is 5.69 Å². The molecule has 16 heavy (non-hydrogen) atoms. The van der Waals surface area contributed by atoms with Crippen LogP contribution in [0.15, 0.2) is 24.3 Å². The molecule has 1 N–H and O–H groups in total. The molecule has 0 heterocycles. The third kappa shape index (κ3) is 3.20. The zero-order chi connectivity index (χ0) is 12.3. The maximum atomic E-state index is 11.7. The molecule has 0 aliphatic heterocycles. The molecule has 1 unspecified atom stereocenters. The first-order valence-electron chi connectivity index (χ1n) is 4.78. The van der Waals surface area contributed by atoms with Gasteiger partial charge in [0.2, 0.25) is 0 Å². The van der Waals surface area contributed by atoms with Crippen LogP contribution in [-0.2, 0) is 10.2 Å². The van der Waals surface area contributed by atoms with Crippen molar-refractivity contribution in [3.8, 4) is 0 Å². The zero-order valence-electron chi connectivity index (χ0n) is 9.44. The minimum atomic E-state index is -3.44. The molecule has 0 amide bonds. The highest BCUT2D eigenvalue weighted by atomic mass is 79.9. The van der Waals surface area contributed by atoms with Crippen molar-refractivity contribution in [2.24, 2.45) is 0 Å². The van der Waals surface area contributed by atoms with Crippen molar-refractivity contribution in [3.05, 3.63) is 29.8 Å². The minimum absolute atomic E-state index is 0.0913. The van der Waals surface area contributed by atoms with Gasteiger partial charge in [0.15, 0.2) is 0 Å². The first-order chi connectivity index (χ1) is 7.34. The molecule has 0 saturated carbocycles. The van der Waals surface area contributed by atoms with Crippen LogP contribution >= 0.6 is 15.9 Å². The van der Waals surface area contributed by atoms with Crippen LogP contribution in [0.4, 0.5) is 5.69 Å². The lowest BCUT2D eigenvalue weighted by Crippen LogP contribution is -2.29. The number of para-hydroxylation sites is 1. The number of alkyl halides is 1. The molecule has 6 heteroatoms. The van der Waals surface area contributed by atoms with Gasteiger partial charge in [-0.2, -0.15) is 12.7 Å². The van der Waals surface area contributed by atoms with E-state index in [0.29, 0.717) is 5.69 Å². The van der Waals surface area contributed by atoms with Gasteiger partial charge < -0.3 is 0 Å². The monoisotopic (exact) mass is 306 g/mol. The maximum Gasteiger partial charge on any atom is 0.301 e. The molecule has 1 atom stereocenters. The Balaban J connectivity index is 3.07. The average molecular weight is 307 g/mol. The number of halogens is 1. The Morgan fingerprint density at radius 1 is 1.31 bits per heavy atom. The highest BCUT2D eigenvalue weighted by Crippen LogP contribution is 2.29. The molecule has 0 radical (unpaired) electrons. The van der Waals surface area contributed by atoms with Crippen molar-refractivity contribution < 1.29 is 8.42 Å². The van der Waals surface area contributed by atoms with Crippen LogP contribution in [0.2, 0.25) is 0 Å². The first kappa shape index (κ1) is 13.5. The van der Waals surface area contributed by atoms with Crippen molar-refractivity contribution in [3.63, 3.8) is 0 Å². The molecule has 0 bridgehead atoms. The van der Waals surface area contributed by atoms with Crippen LogP contribution < -0.4 is 4.72 Å². The second kappa shape index (κ2) is 5.16. The van der Waals surface area contributed by atoms with Gasteiger partial charge in [-0.15, -0.1) is 0 Å². The quantitative estimate of drug-likeness (QED) is 0.868. The van der Waals surface area contributed by atoms with E-state index in [1.54, 1.807) is 12.1 Å². The molecular weight excluding hydrogens is 292 g/mol. The summed E-state index contributed by atoms with van der Waals surface area (Å²) in [6.07, 6.45) is 0. The van der Waals surface area contributed by atoms with Gasteiger partial charge in [0.1, 0.15) is 0 Å². The second-order valence-corrected chi connectivity index (χ2v) is 6.85. The zero-order valence-corrected chi connectivity index (χ0v) is 11.8. The Labute approximate surface area is 105 Å². The SMILES string of the molecule is CC(Br)c1ccccc1NS(=O)(=O)N(C)C. The normalized spacial score (nSPS) is 13.8. The number of benzene rings is 1. The van der Waals surface area contributed by atoms with E-state index < -0.39 is 10.2 Å². The molecule has 1 rings (SSSR count). The average Bonchev–Trinajstić information content (AvgIpc) is 2.17. The summed E-state index contributed by atoms with van der Waals surface area (Å²) >= 11 is 3.43. The lowest BCUT2D eigenvalue weighted by molar-refractivity contribution is 0.526. The van der Waals surface area contributed by atoms with Gasteiger partial charge in [-0.1, -0.05) is 34.1 Å². The lowest BCUT2D eigenvalue weighted by atomic mass is 10.1. The van der Waals surface area contributed by atoms with Gasteiger partial charge in [-0.3, -0.25) is 4.72 Å². The van der Waals surface area contributed by atoms with E-state index >= 15 is 0 Å². The molecule has 0 aromatic heterocycles. The number of anilines is 1. The maximum absolute atomic E-state index is 11.7. The van der Waals surface area contributed by atoms with E-state index in [1.807, 2.05) is 19.1 Å². The molecule has 1 aromatic carbocycles. The van der Waals surface area contributed by atoms with Crippen LogP contribution in [0.1, 0.15) is 17.3 Å². The van der Waals surface area contributed by atoms with E-state index in [9.17, 15) is 8.42 Å². The Morgan fingerprint density at radius 3 is 2.38 bits per heavy atom. The van der Waals surface area contributed by atoms with E-state index in [2.05, 4.69) is 20.7 Å². The Bertz CT molecular complexity index is 458. The number of nitrogens with zero attached hydrogens (tertiary/aromatic N) is 1. The number of nitrogens with one attached hydrogen (secondary N) is 1. The van der Waals surface area contributed by atoms with Crippen LogP contribution in [-0.4, -0.2) is 26.8 Å². The van der Waals surface area contributed by atoms with Crippen LogP contribution in [0.5, 0.6) is 0 Å². The third-order valence-electron chi connectivity index (χ3n) is 2.11. The largest absolute Gasteiger partial charge is 0.301 e. The van der Waals surface area contributed by atoms with Gasteiger partial charge in [0.25, 0.3) is 0 Å². The number of hydrogen-bond donors (Lipinski definition) is 1. The van der Waals surface area contributed by atoms with Gasteiger partial charge in [-0.05, 0) is 18.6 Å². The predicted molar refractivity (Wildman–Crippen MR) is 70.0 cm³/mol. The summed E-state index contributed by atoms with van der Waals surface area (Å²) in [5.74, 6) is 0. The standard InChI is InChI=1S/C10H15BrN2O2S/c1-8(11)9-6-4-5-7-10(9)12-16(14,15)13(2)3/h4-8,12H,1-3H3. The summed E-state index contributed by atoms with van der Waals surface area (Å²) in [6, 6.07) is 7.30. The number of rotatable bonds is 4. The van der Waals surface area contributed by atoms with E-state index in [4.69, 9.17) is 0 Å². The van der Waals surface area contributed by atoms with Crippen molar-refractivity contribution >= 4 is 31.8 Å². The fourth-order valence-corrected chi connectivity index (χ4v) is 2.21. The summed E-state index contributed by atoms with van der Waals surface area (Å²) in [6.45, 7) is 1.95. The minimum Gasteiger partial charge on any atom is -0.271 e. The molecule has 0 spiro atoms. The van der Waals surface area contributed by atoms with E-state index in [-0.39, 0.29) is 4.83 Å². The van der Waals surface area contributed by atoms with Crippen molar-refractivity contribution in [1.29, 1.82) is 0 Å². The van der Waals surface area contributed by atoms with Crippen LogP contribution in [0.25, 0.3) is 0 Å². The van der Waals surface area contributed by atoms with Crippen LogP contribution in [0.3, 0.4) is 0 Å². The van der Waals surface area contributed by atoms with Crippen molar-refractivity contribution in [2.75, 3.05) is 18.8 Å². The molecule has 0 fully saturated rings. The molecule has 1 aromatic rings. The van der Waals surface area contributed by atoms with Gasteiger partial charge in [0, 0.05) is 18.9 Å². The lowest BCUT2D eigenvalue weighted by Gasteiger charge is -2.17. The molecule has 90 valence electrons. The summed E-state index contributed by atoms with van der Waals surface area (Å²) in [4.78, 5) is 0.0913. The second-order valence-electron chi connectivity index (χ2n) is 3.59. The van der Waals surface area contributed by atoms with Crippen molar-refractivity contribution in [2.45, 2.75) is 11.8 Å². The predicted octanol–water partition coefficient (Wildman–Crippen LogP) is 2.36. The fraction of sp³-hybridized carbons (Fsp3) is 0.400. The van der Waals surface area contributed by atoms with Gasteiger partial charge in [-0.25, -0.2) is 0 Å². The topological polar surface area (TPSA) is 49.4 Å². The Morgan fingerprint density at radius 2 is 1.88 bits per heavy atom. The number of hydrogen-bond acceptors (Lipinski definition) is 2. The Hall–Kier alpha value is -0.590. The highest BCUT2D eigenvalue weighted by molar-refractivity contribution is 9.09. The fourth-order valence-electron chi connectivity index (χ4n) is 1.17. The smallest absolute Gasteiger partial charge is 0.271 e. The van der Waals surface area contributed by atoms with Gasteiger partial charge >= 0.3 is 10.2 Å². The molecule has 4 nitrogen and oxygen atoms in total. The summed E-state index contributed by atoms with van der Waals surface area (Å²) in [7, 11) is -0.468. The van der Waals surface area contributed by atoms with Crippen LogP contribution in [0, 0.1) is 0 Å². The molecule has 0 aliphatic rings. The van der Waals surface area contributed by atoms with Crippen molar-refractivity contribution in [1.82, 2.24) is 4.31 Å². The third-order valence-corrected chi connectivity index (χ3v) is 4.04. The summed E-state index contributed by atoms with van der Waals surface area (Å²) in [5.41, 5.74) is 1.51. The molecular formula is C10H15BrN2O2S. The summed E-state index contributed by atoms with van der Waals surface area (Å²) < 4.78 is 27.0. The molecule has 0 saturated heterocycles. The molecule has 0 aliphatic carbocycles. The first-order valence-corrected chi connectivity index (χ1v) is 7.13.